The number of rotatable bonds is 2. The van der Waals surface area contributed by atoms with Crippen molar-refractivity contribution in [2.24, 2.45) is 0 Å². The smallest absolute Gasteiger partial charge is 0.263 e. The number of thiophene rings is 1. The van der Waals surface area contributed by atoms with Crippen molar-refractivity contribution >= 4 is 17.2 Å². The lowest BCUT2D eigenvalue weighted by Crippen LogP contribution is -2.56. The summed E-state index contributed by atoms with van der Waals surface area (Å²) >= 11 is 1.52. The topological polar surface area (TPSA) is 50.2 Å². The summed E-state index contributed by atoms with van der Waals surface area (Å²) in [4.78, 5) is 20.3. The molecular formula is C21H22N4OS. The first kappa shape index (κ1) is 16.7. The molecule has 1 N–H and O–H groups in total. The second-order valence-corrected chi connectivity index (χ2v) is 8.21. The molecule has 0 radical (unpaired) electrons. The first-order chi connectivity index (χ1) is 13.3. The van der Waals surface area contributed by atoms with E-state index in [1.165, 1.54) is 22.6 Å². The molecule has 0 bridgehead atoms. The van der Waals surface area contributed by atoms with Gasteiger partial charge in [-0.2, -0.15) is 0 Å². The van der Waals surface area contributed by atoms with Crippen molar-refractivity contribution < 1.29 is 4.79 Å². The average molecular weight is 379 g/mol. The van der Waals surface area contributed by atoms with Gasteiger partial charge in [-0.25, -0.2) is 4.98 Å². The van der Waals surface area contributed by atoms with Crippen LogP contribution in [0.15, 0.2) is 54.0 Å². The van der Waals surface area contributed by atoms with Crippen molar-refractivity contribution in [3.63, 3.8) is 0 Å². The molecule has 138 valence electrons. The second-order valence-electron chi connectivity index (χ2n) is 7.26. The van der Waals surface area contributed by atoms with E-state index in [0.29, 0.717) is 0 Å². The van der Waals surface area contributed by atoms with Gasteiger partial charge in [0, 0.05) is 26.2 Å². The van der Waals surface area contributed by atoms with Gasteiger partial charge in [-0.05, 0) is 29.9 Å². The molecule has 2 aliphatic heterocycles. The van der Waals surface area contributed by atoms with Crippen molar-refractivity contribution in [2.45, 2.75) is 24.9 Å². The molecular weight excluding hydrogens is 356 g/mol. The summed E-state index contributed by atoms with van der Waals surface area (Å²) in [5.74, 6) is 1.28. The van der Waals surface area contributed by atoms with Crippen molar-refractivity contribution in [2.75, 3.05) is 19.6 Å². The van der Waals surface area contributed by atoms with E-state index in [4.69, 9.17) is 4.98 Å². The average Bonchev–Trinajstić information content (AvgIpc) is 3.40. The Labute approximate surface area is 162 Å². The lowest BCUT2D eigenvalue weighted by Gasteiger charge is -2.44. The van der Waals surface area contributed by atoms with Crippen molar-refractivity contribution in [1.82, 2.24) is 19.8 Å². The zero-order valence-electron chi connectivity index (χ0n) is 15.1. The third kappa shape index (κ3) is 2.80. The number of amides is 1. The normalized spacial score (nSPS) is 18.4. The van der Waals surface area contributed by atoms with Gasteiger partial charge < -0.3 is 14.8 Å². The van der Waals surface area contributed by atoms with Gasteiger partial charge in [0.25, 0.3) is 5.91 Å². The number of nitrogens with zero attached hydrogens (tertiary/aromatic N) is 3. The van der Waals surface area contributed by atoms with Crippen LogP contribution in [0, 0.1) is 0 Å². The Balaban J connectivity index is 1.40. The number of carbonyl (C=O) groups excluding carboxylic acids is 1. The molecule has 1 amide bonds. The fourth-order valence-electron chi connectivity index (χ4n) is 4.36. The number of piperidine rings is 1. The Bertz CT molecular complexity index is 940. The number of imidazole rings is 1. The number of benzene rings is 1. The van der Waals surface area contributed by atoms with Gasteiger partial charge in [0.05, 0.1) is 22.3 Å². The molecule has 3 aromatic rings. The number of likely N-dealkylation sites (tertiary alicyclic amines) is 1. The van der Waals surface area contributed by atoms with E-state index in [0.717, 1.165) is 49.7 Å². The molecule has 2 aliphatic rings. The molecule has 5 nitrogen and oxygen atoms in total. The monoisotopic (exact) mass is 378 g/mol. The molecule has 6 heteroatoms. The van der Waals surface area contributed by atoms with Gasteiger partial charge in [0.2, 0.25) is 0 Å². The molecule has 1 aromatic carbocycles. The standard InChI is InChI=1S/C21H22N4OS/c26-19(18-7-4-14-27-18)24-11-8-21(9-12-24)20-22-15-17(25(20)13-10-23-21)16-5-2-1-3-6-16/h1-7,14-15,23H,8-13H2. The highest BCUT2D eigenvalue weighted by molar-refractivity contribution is 7.12. The summed E-state index contributed by atoms with van der Waals surface area (Å²) in [7, 11) is 0. The number of aromatic nitrogens is 2. The van der Waals surface area contributed by atoms with Gasteiger partial charge in [-0.3, -0.25) is 4.79 Å². The number of hydrogen-bond donors (Lipinski definition) is 1. The lowest BCUT2D eigenvalue weighted by molar-refractivity contribution is 0.0612. The molecule has 0 unspecified atom stereocenters. The van der Waals surface area contributed by atoms with Crippen LogP contribution in [0.5, 0.6) is 0 Å². The molecule has 27 heavy (non-hydrogen) atoms. The first-order valence-electron chi connectivity index (χ1n) is 9.46. The van der Waals surface area contributed by atoms with E-state index in [1.54, 1.807) is 0 Å². The van der Waals surface area contributed by atoms with Gasteiger partial charge in [0.15, 0.2) is 0 Å². The van der Waals surface area contributed by atoms with E-state index in [9.17, 15) is 4.79 Å². The zero-order valence-corrected chi connectivity index (χ0v) is 15.9. The van der Waals surface area contributed by atoms with Crippen LogP contribution in [0.25, 0.3) is 11.3 Å². The minimum absolute atomic E-state index is 0.127. The summed E-state index contributed by atoms with van der Waals surface area (Å²) < 4.78 is 2.36. The molecule has 0 saturated carbocycles. The Kier molecular flexibility index (Phi) is 4.10. The van der Waals surface area contributed by atoms with E-state index < -0.39 is 0 Å². The number of nitrogens with one attached hydrogen (secondary N) is 1. The molecule has 0 atom stereocenters. The SMILES string of the molecule is O=C(c1cccs1)N1CCC2(CC1)NCCn1c(-c3ccccc3)cnc12. The Hall–Kier alpha value is -2.44. The maximum absolute atomic E-state index is 12.7. The van der Waals surface area contributed by atoms with E-state index in [2.05, 4.69) is 34.1 Å². The Morgan fingerprint density at radius 3 is 2.63 bits per heavy atom. The first-order valence-corrected chi connectivity index (χ1v) is 10.3. The third-order valence-corrected chi connectivity index (χ3v) is 6.65. The van der Waals surface area contributed by atoms with E-state index in [-0.39, 0.29) is 11.4 Å². The van der Waals surface area contributed by atoms with Crippen LogP contribution in [-0.4, -0.2) is 40.0 Å². The van der Waals surface area contributed by atoms with Gasteiger partial charge in [-0.1, -0.05) is 36.4 Å². The van der Waals surface area contributed by atoms with Gasteiger partial charge >= 0.3 is 0 Å². The van der Waals surface area contributed by atoms with Crippen LogP contribution in [0.2, 0.25) is 0 Å². The van der Waals surface area contributed by atoms with E-state index in [1.807, 2.05) is 34.7 Å². The third-order valence-electron chi connectivity index (χ3n) is 5.79. The quantitative estimate of drug-likeness (QED) is 0.744. The maximum atomic E-state index is 12.7. The molecule has 1 spiro atoms. The maximum Gasteiger partial charge on any atom is 0.263 e. The Morgan fingerprint density at radius 2 is 1.89 bits per heavy atom. The molecule has 4 heterocycles. The summed E-state index contributed by atoms with van der Waals surface area (Å²) in [5, 5.41) is 5.69. The van der Waals surface area contributed by atoms with Gasteiger partial charge in [0.1, 0.15) is 5.82 Å². The van der Waals surface area contributed by atoms with Crippen molar-refractivity contribution in [3.05, 3.63) is 64.7 Å². The molecule has 0 aliphatic carbocycles. The largest absolute Gasteiger partial charge is 0.338 e. The molecule has 2 aromatic heterocycles. The summed E-state index contributed by atoms with van der Waals surface area (Å²) in [6, 6.07) is 14.3. The van der Waals surface area contributed by atoms with Crippen molar-refractivity contribution in [1.29, 1.82) is 0 Å². The minimum atomic E-state index is -0.127. The lowest BCUT2D eigenvalue weighted by atomic mass is 9.85. The summed E-state index contributed by atoms with van der Waals surface area (Å²) in [6.45, 7) is 3.38. The minimum Gasteiger partial charge on any atom is -0.338 e. The predicted molar refractivity (Wildman–Crippen MR) is 107 cm³/mol. The second kappa shape index (κ2) is 6.62. The predicted octanol–water partition coefficient (Wildman–Crippen LogP) is 3.35. The molecule has 5 rings (SSSR count). The van der Waals surface area contributed by atoms with E-state index >= 15 is 0 Å². The fraction of sp³-hybridized carbons (Fsp3) is 0.333. The van der Waals surface area contributed by atoms with Crippen LogP contribution < -0.4 is 5.32 Å². The number of hydrogen-bond acceptors (Lipinski definition) is 4. The van der Waals surface area contributed by atoms with Crippen LogP contribution >= 0.6 is 11.3 Å². The van der Waals surface area contributed by atoms with Gasteiger partial charge in [-0.15, -0.1) is 11.3 Å². The molecule has 1 saturated heterocycles. The molecule has 1 fully saturated rings. The fourth-order valence-corrected chi connectivity index (χ4v) is 5.05. The summed E-state index contributed by atoms with van der Waals surface area (Å²) in [6.07, 6.45) is 3.80. The van der Waals surface area contributed by atoms with Crippen LogP contribution in [0.3, 0.4) is 0 Å². The number of carbonyl (C=O) groups is 1. The van der Waals surface area contributed by atoms with Crippen LogP contribution in [-0.2, 0) is 12.1 Å². The Morgan fingerprint density at radius 1 is 1.07 bits per heavy atom. The van der Waals surface area contributed by atoms with Crippen LogP contribution in [0.4, 0.5) is 0 Å². The number of fused-ring (bicyclic) bond motifs is 2. The van der Waals surface area contributed by atoms with Crippen molar-refractivity contribution in [3.8, 4) is 11.3 Å². The highest BCUT2D eigenvalue weighted by Gasteiger charge is 2.42. The highest BCUT2D eigenvalue weighted by atomic mass is 32.1. The highest BCUT2D eigenvalue weighted by Crippen LogP contribution is 2.37. The zero-order chi connectivity index (χ0) is 18.3. The summed E-state index contributed by atoms with van der Waals surface area (Å²) in [5.41, 5.74) is 2.26. The van der Waals surface area contributed by atoms with Crippen LogP contribution in [0.1, 0.15) is 28.3 Å².